The quantitative estimate of drug-likeness (QED) is 0.0222. The molecule has 0 radical (unpaired) electrons. The van der Waals surface area contributed by atoms with Gasteiger partial charge in [-0.1, -0.05) is 382 Å². The Hall–Kier alpha value is -1.94. The predicted octanol–water partition coefficient (Wildman–Crippen LogP) is 24.7. The SMILES string of the molecule is CCCCCCCCCCCCCCCCCCCCC(=O)O[C@H](COC(=O)CCCCCCCCCCCCCCCC(C)C)COP(=O)(O)OC[C@@H](O)COP(=O)(O)OC[C@@H](COC(=O)CCCCCCCCCCC(C)C)OC(=O)CCCCCCCCCCCCCCCCCC. The highest BCUT2D eigenvalue weighted by Crippen LogP contribution is 2.45. The molecule has 0 heterocycles. The monoisotopic (exact) mass is 1480 g/mol. The third kappa shape index (κ3) is 76.1. The van der Waals surface area contributed by atoms with Crippen molar-refractivity contribution in [1.82, 2.24) is 0 Å². The van der Waals surface area contributed by atoms with Crippen LogP contribution in [0.2, 0.25) is 0 Å². The van der Waals surface area contributed by atoms with Crippen LogP contribution in [0.5, 0.6) is 0 Å². The number of aliphatic hydroxyl groups excluding tert-OH is 1. The van der Waals surface area contributed by atoms with Crippen LogP contribution in [0.4, 0.5) is 0 Å². The number of ether oxygens (including phenoxy) is 4. The molecule has 0 saturated carbocycles. The van der Waals surface area contributed by atoms with E-state index in [1.165, 1.54) is 250 Å². The summed E-state index contributed by atoms with van der Waals surface area (Å²) in [5.74, 6) is -0.588. The van der Waals surface area contributed by atoms with Crippen molar-refractivity contribution in [2.45, 2.75) is 452 Å². The molecule has 600 valence electrons. The van der Waals surface area contributed by atoms with Gasteiger partial charge >= 0.3 is 39.5 Å². The number of esters is 4. The first-order valence-corrected chi connectivity index (χ1v) is 45.5. The maximum absolute atomic E-state index is 13.1. The van der Waals surface area contributed by atoms with Crippen LogP contribution in [-0.2, 0) is 65.4 Å². The zero-order valence-corrected chi connectivity index (χ0v) is 68.0. The first kappa shape index (κ1) is 99.1. The van der Waals surface area contributed by atoms with E-state index >= 15 is 0 Å². The number of hydrogen-bond acceptors (Lipinski definition) is 15. The molecule has 17 nitrogen and oxygen atoms in total. The summed E-state index contributed by atoms with van der Waals surface area (Å²) in [5, 5.41) is 10.7. The summed E-state index contributed by atoms with van der Waals surface area (Å²) in [6, 6.07) is 0. The van der Waals surface area contributed by atoms with E-state index in [1.54, 1.807) is 0 Å². The Labute approximate surface area is 619 Å². The van der Waals surface area contributed by atoms with Crippen molar-refractivity contribution in [2.75, 3.05) is 39.6 Å². The average Bonchev–Trinajstić information content (AvgIpc) is 1.15. The number of unbranched alkanes of at least 4 members (excludes halogenated alkanes) is 51. The third-order valence-electron chi connectivity index (χ3n) is 19.2. The van der Waals surface area contributed by atoms with Crippen molar-refractivity contribution in [1.29, 1.82) is 0 Å². The second-order valence-corrected chi connectivity index (χ2v) is 33.4. The van der Waals surface area contributed by atoms with Gasteiger partial charge < -0.3 is 33.8 Å². The van der Waals surface area contributed by atoms with Crippen LogP contribution < -0.4 is 0 Å². The summed E-state index contributed by atoms with van der Waals surface area (Å²) in [5.41, 5.74) is 0. The van der Waals surface area contributed by atoms with E-state index in [2.05, 4.69) is 41.5 Å². The smallest absolute Gasteiger partial charge is 0.462 e. The molecule has 0 aromatic carbocycles. The van der Waals surface area contributed by atoms with Gasteiger partial charge in [-0.2, -0.15) is 0 Å². The molecular weight excluding hydrogens is 1320 g/mol. The van der Waals surface area contributed by atoms with Gasteiger partial charge in [-0.05, 0) is 37.5 Å². The van der Waals surface area contributed by atoms with Crippen molar-refractivity contribution in [2.24, 2.45) is 11.8 Å². The van der Waals surface area contributed by atoms with Crippen molar-refractivity contribution >= 4 is 39.5 Å². The Bertz CT molecular complexity index is 1940. The molecule has 0 aromatic heterocycles. The van der Waals surface area contributed by atoms with E-state index in [1.807, 2.05) is 0 Å². The van der Waals surface area contributed by atoms with Gasteiger partial charge in [-0.3, -0.25) is 37.3 Å². The highest BCUT2D eigenvalue weighted by atomic mass is 31.2. The molecule has 0 spiro atoms. The molecule has 0 rings (SSSR count). The van der Waals surface area contributed by atoms with Gasteiger partial charge in [0, 0.05) is 25.7 Å². The normalized spacial score (nSPS) is 13.9. The molecular formula is C82H160O17P2. The number of carbonyl (C=O) groups is 4. The summed E-state index contributed by atoms with van der Waals surface area (Å²) < 4.78 is 68.8. The molecule has 2 unspecified atom stereocenters. The van der Waals surface area contributed by atoms with Crippen molar-refractivity contribution in [3.8, 4) is 0 Å². The van der Waals surface area contributed by atoms with Crippen LogP contribution >= 0.6 is 15.6 Å². The van der Waals surface area contributed by atoms with Crippen molar-refractivity contribution < 1.29 is 80.2 Å². The lowest BCUT2D eigenvalue weighted by molar-refractivity contribution is -0.161. The van der Waals surface area contributed by atoms with Gasteiger partial charge in [-0.25, -0.2) is 9.13 Å². The molecule has 5 atom stereocenters. The number of phosphoric acid groups is 2. The average molecular weight is 1480 g/mol. The lowest BCUT2D eigenvalue weighted by Crippen LogP contribution is -2.30. The highest BCUT2D eigenvalue weighted by molar-refractivity contribution is 7.47. The van der Waals surface area contributed by atoms with Crippen molar-refractivity contribution in [3.05, 3.63) is 0 Å². The standard InChI is InChI=1S/C82H160O17P2/c1-7-9-11-13-15-17-19-21-23-25-26-28-32-37-41-49-55-61-67-81(86)98-77(70-92-79(84)64-58-52-46-39-35-33-29-30-34-38-44-50-56-62-74(3)4)72-96-100(88,89)94-68-76(83)69-95-101(90,91)97-73-78(71-93-80(85)65-59-53-47-43-42-45-51-57-63-75(5)6)99-82(87)66-60-54-48-40-36-31-27-24-22-20-18-16-14-12-10-8-2/h74-78,83H,7-73H2,1-6H3,(H,88,89)(H,90,91)/t76-,77-,78-/m1/s1. The van der Waals surface area contributed by atoms with Gasteiger partial charge in [0.15, 0.2) is 12.2 Å². The van der Waals surface area contributed by atoms with Gasteiger partial charge in [0.05, 0.1) is 26.4 Å². The second-order valence-electron chi connectivity index (χ2n) is 30.5. The van der Waals surface area contributed by atoms with Crippen LogP contribution in [-0.4, -0.2) is 96.7 Å². The molecule has 0 bridgehead atoms. The Morgan fingerprint density at radius 2 is 0.455 bits per heavy atom. The molecule has 0 aliphatic rings. The summed E-state index contributed by atoms with van der Waals surface area (Å²) in [4.78, 5) is 73.1. The Morgan fingerprint density at radius 1 is 0.267 bits per heavy atom. The lowest BCUT2D eigenvalue weighted by atomic mass is 10.0. The minimum atomic E-state index is -4.96. The Balaban J connectivity index is 5.25. The fraction of sp³-hybridized carbons (Fsp3) is 0.951. The van der Waals surface area contributed by atoms with E-state index in [-0.39, 0.29) is 25.7 Å². The second kappa shape index (κ2) is 73.6. The van der Waals surface area contributed by atoms with E-state index in [4.69, 9.17) is 37.0 Å². The van der Waals surface area contributed by atoms with Crippen LogP contribution in [0.15, 0.2) is 0 Å². The van der Waals surface area contributed by atoms with Gasteiger partial charge in [0.2, 0.25) is 0 Å². The Morgan fingerprint density at radius 3 is 0.673 bits per heavy atom. The molecule has 0 fully saturated rings. The first-order valence-electron chi connectivity index (χ1n) is 42.5. The molecule has 3 N–H and O–H groups in total. The molecule has 0 aromatic rings. The van der Waals surface area contributed by atoms with E-state index in [0.29, 0.717) is 25.7 Å². The minimum Gasteiger partial charge on any atom is -0.462 e. The van der Waals surface area contributed by atoms with E-state index < -0.39 is 97.5 Å². The first-order chi connectivity index (χ1) is 48.9. The lowest BCUT2D eigenvalue weighted by Gasteiger charge is -2.21. The zero-order chi connectivity index (χ0) is 74.2. The molecule has 0 aliphatic heterocycles. The molecule has 0 aliphatic carbocycles. The van der Waals surface area contributed by atoms with E-state index in [0.717, 1.165) is 102 Å². The number of phosphoric ester groups is 2. The Kier molecular flexibility index (Phi) is 72.2. The summed E-state index contributed by atoms with van der Waals surface area (Å²) in [7, 11) is -9.92. The van der Waals surface area contributed by atoms with Gasteiger partial charge in [0.25, 0.3) is 0 Å². The highest BCUT2D eigenvalue weighted by Gasteiger charge is 2.30. The van der Waals surface area contributed by atoms with Crippen LogP contribution in [0, 0.1) is 11.8 Å². The van der Waals surface area contributed by atoms with E-state index in [9.17, 15) is 43.2 Å². The summed E-state index contributed by atoms with van der Waals surface area (Å²) in [6.45, 7) is 9.63. The van der Waals surface area contributed by atoms with Gasteiger partial charge in [0.1, 0.15) is 19.3 Å². The van der Waals surface area contributed by atoms with Crippen LogP contribution in [0.25, 0.3) is 0 Å². The minimum absolute atomic E-state index is 0.108. The molecule has 19 heteroatoms. The number of carbonyl (C=O) groups excluding carboxylic acids is 4. The molecule has 0 amide bonds. The molecule has 0 saturated heterocycles. The number of hydrogen-bond donors (Lipinski definition) is 3. The third-order valence-corrected chi connectivity index (χ3v) is 21.1. The van der Waals surface area contributed by atoms with Crippen molar-refractivity contribution in [3.63, 3.8) is 0 Å². The van der Waals surface area contributed by atoms with Gasteiger partial charge in [-0.15, -0.1) is 0 Å². The maximum Gasteiger partial charge on any atom is 0.472 e. The maximum atomic E-state index is 13.1. The van der Waals surface area contributed by atoms with Crippen LogP contribution in [0.1, 0.15) is 433 Å². The summed E-state index contributed by atoms with van der Waals surface area (Å²) in [6.07, 6.45) is 63.8. The number of rotatable bonds is 81. The number of aliphatic hydroxyl groups is 1. The predicted molar refractivity (Wildman–Crippen MR) is 414 cm³/mol. The van der Waals surface area contributed by atoms with Crippen LogP contribution in [0.3, 0.4) is 0 Å². The largest absolute Gasteiger partial charge is 0.472 e. The fourth-order valence-electron chi connectivity index (χ4n) is 12.7. The topological polar surface area (TPSA) is 237 Å². The zero-order valence-electron chi connectivity index (χ0n) is 66.2. The summed E-state index contributed by atoms with van der Waals surface area (Å²) >= 11 is 0. The fourth-order valence-corrected chi connectivity index (χ4v) is 14.3. The molecule has 101 heavy (non-hydrogen) atoms.